The van der Waals surface area contributed by atoms with Gasteiger partial charge in [0.1, 0.15) is 5.75 Å². The van der Waals surface area contributed by atoms with E-state index in [1.807, 2.05) is 0 Å². The average Bonchev–Trinajstić information content (AvgIpc) is 3.42. The lowest BCUT2D eigenvalue weighted by molar-refractivity contribution is -0.117. The van der Waals surface area contributed by atoms with E-state index in [4.69, 9.17) is 15.0 Å². The number of carbonyl (C=O) groups excluding carboxylic acids is 2. The van der Waals surface area contributed by atoms with Crippen LogP contribution in [0.4, 0.5) is 0 Å². The van der Waals surface area contributed by atoms with Gasteiger partial charge in [0.2, 0.25) is 11.7 Å². The number of carbonyl (C=O) groups is 2. The number of ether oxygens (including phenoxy) is 1. The van der Waals surface area contributed by atoms with Gasteiger partial charge in [-0.15, -0.1) is 0 Å². The maximum absolute atomic E-state index is 12.2. The zero-order valence-corrected chi connectivity index (χ0v) is 15.3. The third kappa shape index (κ3) is 4.21. The zero-order valence-electron chi connectivity index (χ0n) is 15.3. The molecule has 1 aromatic carbocycles. The zero-order chi connectivity index (χ0) is 19.5. The molecule has 1 fully saturated rings. The van der Waals surface area contributed by atoms with Crippen molar-refractivity contribution in [2.75, 3.05) is 6.54 Å². The number of allylic oxidation sites excluding steroid dienone is 2. The first-order valence-electron chi connectivity index (χ1n) is 9.36. The maximum Gasteiger partial charge on any atom is 0.316 e. The molecule has 2 amide bonds. The monoisotopic (exact) mass is 382 g/mol. The number of benzene rings is 1. The second kappa shape index (κ2) is 7.84. The molecular weight excluding hydrogens is 360 g/mol. The summed E-state index contributed by atoms with van der Waals surface area (Å²) < 4.78 is 10.6. The molecule has 2 aromatic rings. The Bertz CT molecular complexity index is 890. The topological polar surface area (TPSA) is 120 Å². The summed E-state index contributed by atoms with van der Waals surface area (Å²) in [5.41, 5.74) is 5.97. The van der Waals surface area contributed by atoms with E-state index in [1.165, 1.54) is 6.42 Å². The lowest BCUT2D eigenvalue weighted by atomic mass is 9.94. The first-order valence-corrected chi connectivity index (χ1v) is 9.36. The fourth-order valence-electron chi connectivity index (χ4n) is 3.89. The molecule has 4 rings (SSSR count). The molecule has 1 saturated carbocycles. The van der Waals surface area contributed by atoms with E-state index in [-0.39, 0.29) is 36.6 Å². The van der Waals surface area contributed by atoms with E-state index < -0.39 is 0 Å². The molecular formula is C20H22N4O4. The van der Waals surface area contributed by atoms with E-state index in [2.05, 4.69) is 27.6 Å². The Morgan fingerprint density at radius 3 is 2.71 bits per heavy atom. The quantitative estimate of drug-likeness (QED) is 0.669. The van der Waals surface area contributed by atoms with Crippen LogP contribution in [0.5, 0.6) is 5.75 Å². The van der Waals surface area contributed by atoms with E-state index in [9.17, 15) is 9.59 Å². The van der Waals surface area contributed by atoms with Crippen molar-refractivity contribution in [3.8, 4) is 5.75 Å². The average molecular weight is 382 g/mol. The molecule has 0 saturated heterocycles. The third-order valence-corrected chi connectivity index (χ3v) is 5.27. The van der Waals surface area contributed by atoms with Gasteiger partial charge in [-0.25, -0.2) is 0 Å². The van der Waals surface area contributed by atoms with Crippen LogP contribution in [0, 0.1) is 17.8 Å². The van der Waals surface area contributed by atoms with Crippen molar-refractivity contribution in [3.63, 3.8) is 0 Å². The molecule has 2 bridgehead atoms. The lowest BCUT2D eigenvalue weighted by Crippen LogP contribution is -2.31. The SMILES string of the molecule is NC(=O)Cc1ccc(OCc2noc(C(=O)NCC3CC4C=CC3C4)n2)cc1. The summed E-state index contributed by atoms with van der Waals surface area (Å²) in [6, 6.07) is 6.99. The molecule has 8 heteroatoms. The highest BCUT2D eigenvalue weighted by Crippen LogP contribution is 2.42. The second-order valence-corrected chi connectivity index (χ2v) is 7.34. The van der Waals surface area contributed by atoms with Crippen molar-refractivity contribution in [1.29, 1.82) is 0 Å². The molecule has 2 aliphatic carbocycles. The lowest BCUT2D eigenvalue weighted by Gasteiger charge is -2.17. The van der Waals surface area contributed by atoms with Gasteiger partial charge >= 0.3 is 11.8 Å². The van der Waals surface area contributed by atoms with E-state index in [0.29, 0.717) is 30.0 Å². The molecule has 146 valence electrons. The number of amides is 2. The number of nitrogens with zero attached hydrogens (tertiary/aromatic N) is 2. The Morgan fingerprint density at radius 1 is 1.21 bits per heavy atom. The smallest absolute Gasteiger partial charge is 0.316 e. The van der Waals surface area contributed by atoms with Crippen LogP contribution in [0.3, 0.4) is 0 Å². The number of hydrogen-bond donors (Lipinski definition) is 2. The molecule has 2 aliphatic rings. The molecule has 0 radical (unpaired) electrons. The predicted octanol–water partition coefficient (Wildman–Crippen LogP) is 1.62. The molecule has 28 heavy (non-hydrogen) atoms. The van der Waals surface area contributed by atoms with E-state index in [1.54, 1.807) is 24.3 Å². The van der Waals surface area contributed by atoms with E-state index >= 15 is 0 Å². The molecule has 3 unspecified atom stereocenters. The number of nitrogens with two attached hydrogens (primary N) is 1. The number of aromatic nitrogens is 2. The minimum atomic E-state index is -0.386. The van der Waals surface area contributed by atoms with Gasteiger partial charge < -0.3 is 20.3 Å². The van der Waals surface area contributed by atoms with Crippen LogP contribution >= 0.6 is 0 Å². The highest BCUT2D eigenvalue weighted by atomic mass is 16.5. The number of nitrogens with one attached hydrogen (secondary N) is 1. The van der Waals surface area contributed by atoms with Crippen LogP contribution < -0.4 is 15.8 Å². The Kier molecular flexibility index (Phi) is 5.10. The van der Waals surface area contributed by atoms with Crippen molar-refractivity contribution in [2.24, 2.45) is 23.5 Å². The highest BCUT2D eigenvalue weighted by Gasteiger charge is 2.35. The second-order valence-electron chi connectivity index (χ2n) is 7.34. The largest absolute Gasteiger partial charge is 0.485 e. The van der Waals surface area contributed by atoms with Gasteiger partial charge in [-0.2, -0.15) is 4.98 Å². The van der Waals surface area contributed by atoms with Crippen LogP contribution in [0.2, 0.25) is 0 Å². The third-order valence-electron chi connectivity index (χ3n) is 5.27. The molecule has 1 heterocycles. The number of rotatable bonds is 8. The van der Waals surface area contributed by atoms with Crippen LogP contribution in [-0.2, 0) is 17.8 Å². The highest BCUT2D eigenvalue weighted by molar-refractivity contribution is 5.89. The summed E-state index contributed by atoms with van der Waals surface area (Å²) in [6.07, 6.45) is 7.04. The minimum absolute atomic E-state index is 0.0610. The summed E-state index contributed by atoms with van der Waals surface area (Å²) in [7, 11) is 0. The Hall–Kier alpha value is -3.16. The molecule has 0 aliphatic heterocycles. The van der Waals surface area contributed by atoms with Gasteiger partial charge in [-0.1, -0.05) is 29.4 Å². The summed E-state index contributed by atoms with van der Waals surface area (Å²) in [5.74, 6) is 1.80. The summed E-state index contributed by atoms with van der Waals surface area (Å²) in [4.78, 5) is 27.2. The van der Waals surface area contributed by atoms with Crippen LogP contribution in [0.15, 0.2) is 40.9 Å². The molecule has 8 nitrogen and oxygen atoms in total. The Morgan fingerprint density at radius 2 is 2.04 bits per heavy atom. The van der Waals surface area contributed by atoms with Crippen molar-refractivity contribution < 1.29 is 18.8 Å². The van der Waals surface area contributed by atoms with Crippen LogP contribution in [0.1, 0.15) is 34.9 Å². The molecule has 3 atom stereocenters. The summed E-state index contributed by atoms with van der Waals surface area (Å²) in [5, 5.41) is 6.67. The first-order chi connectivity index (χ1) is 13.6. The van der Waals surface area contributed by atoms with Crippen molar-refractivity contribution in [1.82, 2.24) is 15.5 Å². The van der Waals surface area contributed by atoms with Crippen LogP contribution in [0.25, 0.3) is 0 Å². The predicted molar refractivity (Wildman–Crippen MR) is 99.1 cm³/mol. The van der Waals surface area contributed by atoms with Gasteiger partial charge in [0.25, 0.3) is 0 Å². The summed E-state index contributed by atoms with van der Waals surface area (Å²) in [6.45, 7) is 0.694. The standard InChI is InChI=1S/C20H22N4O4/c21-17(25)9-12-2-5-16(6-3-12)27-11-18-23-20(28-24-18)19(26)22-10-15-8-13-1-4-14(15)7-13/h1-6,13-15H,7-11H2,(H2,21,25)(H,22,26). The molecule has 0 spiro atoms. The maximum atomic E-state index is 12.2. The van der Waals surface area contributed by atoms with Crippen molar-refractivity contribution in [2.45, 2.75) is 25.9 Å². The van der Waals surface area contributed by atoms with Crippen LogP contribution in [-0.4, -0.2) is 28.5 Å². The Balaban J connectivity index is 1.25. The summed E-state index contributed by atoms with van der Waals surface area (Å²) >= 11 is 0. The normalized spacial score (nSPS) is 22.4. The minimum Gasteiger partial charge on any atom is -0.485 e. The van der Waals surface area contributed by atoms with Crippen molar-refractivity contribution >= 4 is 11.8 Å². The molecule has 1 aromatic heterocycles. The number of fused-ring (bicyclic) bond motifs is 2. The number of primary amides is 1. The molecule has 3 N–H and O–H groups in total. The fraction of sp³-hybridized carbons (Fsp3) is 0.400. The van der Waals surface area contributed by atoms with Gasteiger partial charge in [0.05, 0.1) is 6.42 Å². The van der Waals surface area contributed by atoms with Gasteiger partial charge in [0.15, 0.2) is 6.61 Å². The van der Waals surface area contributed by atoms with Gasteiger partial charge in [0, 0.05) is 6.54 Å². The fourth-order valence-corrected chi connectivity index (χ4v) is 3.89. The Labute approximate surface area is 162 Å². The van der Waals surface area contributed by atoms with E-state index in [0.717, 1.165) is 12.0 Å². The van der Waals surface area contributed by atoms with Gasteiger partial charge in [-0.3, -0.25) is 9.59 Å². The first kappa shape index (κ1) is 18.2. The van der Waals surface area contributed by atoms with Crippen molar-refractivity contribution in [3.05, 3.63) is 53.7 Å². The number of hydrogen-bond acceptors (Lipinski definition) is 6. The van der Waals surface area contributed by atoms with Gasteiger partial charge in [-0.05, 0) is 48.3 Å².